The molecule has 0 aliphatic carbocycles. The Balaban J connectivity index is 0.000000383. The number of anilines is 3. The minimum Gasteiger partial charge on any atom is -0.362 e. The fourth-order valence-corrected chi connectivity index (χ4v) is 6.15. The second kappa shape index (κ2) is 12.7. The molecular formula is C31H34F3N7O4. The zero-order chi connectivity index (χ0) is 32.5. The molecule has 14 heteroatoms. The van der Waals surface area contributed by atoms with Crippen LogP contribution in [0.1, 0.15) is 41.9 Å². The number of amides is 3. The Morgan fingerprint density at radius 2 is 1.89 bits per heavy atom. The third kappa shape index (κ3) is 6.54. The number of likely N-dealkylation sites (N-methyl/N-ethyl adjacent to an activating group) is 1. The van der Waals surface area contributed by atoms with Crippen LogP contribution in [0, 0.1) is 19.8 Å². The van der Waals surface area contributed by atoms with Gasteiger partial charge < -0.3 is 19.2 Å². The number of carbonyl (C=O) groups is 3. The zero-order valence-corrected chi connectivity index (χ0v) is 25.3. The Labute approximate surface area is 258 Å². The molecule has 0 radical (unpaired) electrons. The van der Waals surface area contributed by atoms with Crippen molar-refractivity contribution >= 4 is 34.9 Å². The molecule has 0 spiro atoms. The molecule has 3 aliphatic heterocycles. The number of nitrogens with zero attached hydrogens (tertiary/aromatic N) is 7. The molecule has 2 atom stereocenters. The summed E-state index contributed by atoms with van der Waals surface area (Å²) in [6.07, 6.45) is 0.263. The highest BCUT2D eigenvalue weighted by Crippen LogP contribution is 2.41. The molecule has 11 nitrogen and oxygen atoms in total. The van der Waals surface area contributed by atoms with Crippen LogP contribution in [0.15, 0.2) is 53.9 Å². The van der Waals surface area contributed by atoms with E-state index in [-0.39, 0.29) is 36.9 Å². The Morgan fingerprint density at radius 3 is 2.53 bits per heavy atom. The van der Waals surface area contributed by atoms with Crippen molar-refractivity contribution in [2.45, 2.75) is 51.9 Å². The number of hydrogen-bond donors (Lipinski definition) is 0. The fraction of sp³-hybridized carbons (Fsp3) is 0.419. The van der Waals surface area contributed by atoms with E-state index in [2.05, 4.69) is 21.7 Å². The number of alkyl halides is 3. The van der Waals surface area contributed by atoms with Crippen LogP contribution in [0.25, 0.3) is 0 Å². The van der Waals surface area contributed by atoms with E-state index in [4.69, 9.17) is 4.52 Å². The van der Waals surface area contributed by atoms with Gasteiger partial charge in [0.2, 0.25) is 24.1 Å². The van der Waals surface area contributed by atoms with Gasteiger partial charge in [-0.1, -0.05) is 23.9 Å². The summed E-state index contributed by atoms with van der Waals surface area (Å²) in [7, 11) is 1.60. The number of aromatic nitrogens is 3. The van der Waals surface area contributed by atoms with Crippen LogP contribution in [-0.4, -0.2) is 70.5 Å². The Kier molecular flexibility index (Phi) is 8.94. The summed E-state index contributed by atoms with van der Waals surface area (Å²) in [6, 6.07) is 6.24. The molecule has 2 saturated heterocycles. The monoisotopic (exact) mass is 625 g/mol. The van der Waals surface area contributed by atoms with Gasteiger partial charge in [-0.15, -0.1) is 0 Å². The normalized spacial score (nSPS) is 19.9. The van der Waals surface area contributed by atoms with Crippen molar-refractivity contribution in [3.63, 3.8) is 0 Å². The van der Waals surface area contributed by atoms with Crippen LogP contribution in [0.5, 0.6) is 0 Å². The van der Waals surface area contributed by atoms with E-state index < -0.39 is 35.5 Å². The summed E-state index contributed by atoms with van der Waals surface area (Å²) in [6.45, 7) is 9.13. The van der Waals surface area contributed by atoms with E-state index in [0.29, 0.717) is 11.5 Å². The molecule has 3 amide bonds. The highest BCUT2D eigenvalue weighted by molar-refractivity contribution is 6.10. The maximum absolute atomic E-state index is 13.8. The van der Waals surface area contributed by atoms with Crippen molar-refractivity contribution in [3.8, 4) is 0 Å². The van der Waals surface area contributed by atoms with Gasteiger partial charge in [0.05, 0.1) is 23.5 Å². The number of likely N-dealkylation sites (tertiary alicyclic amines) is 1. The lowest BCUT2D eigenvalue weighted by molar-refractivity contribution is -0.137. The van der Waals surface area contributed by atoms with Gasteiger partial charge in [0.1, 0.15) is 11.9 Å². The Morgan fingerprint density at radius 1 is 1.16 bits per heavy atom. The maximum Gasteiger partial charge on any atom is 0.416 e. The lowest BCUT2D eigenvalue weighted by atomic mass is 9.95. The number of carbonyl (C=O) groups excluding carboxylic acids is 3. The van der Waals surface area contributed by atoms with Gasteiger partial charge in [0, 0.05) is 44.7 Å². The van der Waals surface area contributed by atoms with Gasteiger partial charge in [-0.2, -0.15) is 18.2 Å². The molecule has 5 heterocycles. The number of halogens is 3. The summed E-state index contributed by atoms with van der Waals surface area (Å²) in [5.74, 6) is -1.05. The second-order valence-corrected chi connectivity index (χ2v) is 11.3. The van der Waals surface area contributed by atoms with Crippen LogP contribution in [0.4, 0.5) is 30.4 Å². The van der Waals surface area contributed by atoms with Crippen LogP contribution < -0.4 is 14.7 Å². The summed E-state index contributed by atoms with van der Waals surface area (Å²) in [5, 5.41) is 3.90. The first-order chi connectivity index (χ1) is 21.4. The lowest BCUT2D eigenvalue weighted by Crippen LogP contribution is -2.52. The molecule has 6 rings (SSSR count). The smallest absolute Gasteiger partial charge is 0.362 e. The van der Waals surface area contributed by atoms with E-state index in [1.54, 1.807) is 13.1 Å². The quantitative estimate of drug-likeness (QED) is 0.395. The van der Waals surface area contributed by atoms with Crippen LogP contribution in [-0.2, 0) is 27.1 Å². The highest BCUT2D eigenvalue weighted by Gasteiger charge is 2.49. The number of rotatable bonds is 4. The molecule has 45 heavy (non-hydrogen) atoms. The van der Waals surface area contributed by atoms with E-state index in [9.17, 15) is 27.6 Å². The highest BCUT2D eigenvalue weighted by atomic mass is 19.4. The average Bonchev–Trinajstić information content (AvgIpc) is 3.77. The fourth-order valence-electron chi connectivity index (χ4n) is 6.15. The van der Waals surface area contributed by atoms with Gasteiger partial charge in [-0.25, -0.2) is 4.98 Å². The number of fused-ring (bicyclic) bond motifs is 2. The van der Waals surface area contributed by atoms with Crippen molar-refractivity contribution in [2.24, 2.45) is 5.92 Å². The first kappa shape index (κ1) is 31.7. The average molecular weight is 626 g/mol. The molecule has 0 saturated carbocycles. The molecule has 3 aromatic rings. The molecule has 1 aromatic carbocycles. The minimum absolute atomic E-state index is 0.0226. The van der Waals surface area contributed by atoms with Gasteiger partial charge in [-0.3, -0.25) is 19.3 Å². The SMILES string of the molecule is C=CC(=O)N1CCCC1.Cc1cc(C(F)(F)F)cc(N2C(=O)C[C@@H]3CN(Cc4ncon4)c4c(C)cccc4N(C)C(=O)[C@H]32)n1. The van der Waals surface area contributed by atoms with E-state index in [0.717, 1.165) is 54.2 Å². The molecule has 0 N–H and O–H groups in total. The summed E-state index contributed by atoms with van der Waals surface area (Å²) in [5.41, 5.74) is 1.48. The van der Waals surface area contributed by atoms with E-state index in [1.165, 1.54) is 24.3 Å². The lowest BCUT2D eigenvalue weighted by Gasteiger charge is -2.39. The van der Waals surface area contributed by atoms with Crippen molar-refractivity contribution in [1.82, 2.24) is 20.0 Å². The van der Waals surface area contributed by atoms with Crippen molar-refractivity contribution in [1.29, 1.82) is 0 Å². The molecule has 2 fully saturated rings. The molecular weight excluding hydrogens is 591 g/mol. The van der Waals surface area contributed by atoms with Gasteiger partial charge in [0.15, 0.2) is 5.82 Å². The summed E-state index contributed by atoms with van der Waals surface area (Å²) < 4.78 is 45.5. The Bertz CT molecular complexity index is 1590. The standard InChI is InChI=1S/C24H23F3N6O3.C7H11NO/c1-13-5-4-6-17-21(13)32(11-18-28-12-36-30-18)10-15-8-20(34)33(22(15)23(35)31(17)3)19-9-16(24(25,26)27)7-14(2)29-19;1-2-7(9)8-5-3-4-6-8/h4-7,9,12,15,22H,8,10-11H2,1-3H3;2H,1,3-6H2/t15-,22+;/m1./s1. The number of hydrogen-bond acceptors (Lipinski definition) is 8. The minimum atomic E-state index is -4.62. The molecule has 0 bridgehead atoms. The van der Waals surface area contributed by atoms with Crippen LogP contribution in [0.3, 0.4) is 0 Å². The summed E-state index contributed by atoms with van der Waals surface area (Å²) in [4.78, 5) is 52.6. The maximum atomic E-state index is 13.8. The van der Waals surface area contributed by atoms with Gasteiger partial charge in [-0.05, 0) is 56.5 Å². The third-order valence-electron chi connectivity index (χ3n) is 8.21. The number of aryl methyl sites for hydroxylation is 2. The van der Waals surface area contributed by atoms with E-state index in [1.807, 2.05) is 28.9 Å². The predicted molar refractivity (Wildman–Crippen MR) is 159 cm³/mol. The van der Waals surface area contributed by atoms with Gasteiger partial charge in [0.25, 0.3) is 0 Å². The zero-order valence-electron chi connectivity index (χ0n) is 25.3. The second-order valence-electron chi connectivity index (χ2n) is 11.3. The topological polar surface area (TPSA) is 116 Å². The Hall–Kier alpha value is -4.75. The molecule has 238 valence electrons. The number of benzene rings is 1. The molecule has 0 unspecified atom stereocenters. The summed E-state index contributed by atoms with van der Waals surface area (Å²) >= 11 is 0. The van der Waals surface area contributed by atoms with Gasteiger partial charge >= 0.3 is 6.18 Å². The molecule has 2 aromatic heterocycles. The van der Waals surface area contributed by atoms with Crippen LogP contribution >= 0.6 is 0 Å². The van der Waals surface area contributed by atoms with Crippen molar-refractivity contribution in [2.75, 3.05) is 41.4 Å². The van der Waals surface area contributed by atoms with Crippen molar-refractivity contribution in [3.05, 3.63) is 72.0 Å². The number of para-hydroxylation sites is 1. The first-order valence-corrected chi connectivity index (χ1v) is 14.6. The third-order valence-corrected chi connectivity index (χ3v) is 8.21. The first-order valence-electron chi connectivity index (χ1n) is 14.6. The van der Waals surface area contributed by atoms with Crippen LogP contribution in [0.2, 0.25) is 0 Å². The van der Waals surface area contributed by atoms with Crippen molar-refractivity contribution < 1.29 is 32.1 Å². The number of pyridine rings is 1. The van der Waals surface area contributed by atoms with E-state index >= 15 is 0 Å². The largest absolute Gasteiger partial charge is 0.416 e. The molecule has 3 aliphatic rings. The predicted octanol–water partition coefficient (Wildman–Crippen LogP) is 4.30.